The Labute approximate surface area is 117 Å². The van der Waals surface area contributed by atoms with E-state index in [0.717, 1.165) is 29.6 Å². The molecule has 0 atom stereocenters. The van der Waals surface area contributed by atoms with E-state index in [9.17, 15) is 0 Å². The Morgan fingerprint density at radius 1 is 1.25 bits per heavy atom. The number of benzene rings is 1. The Hall–Kier alpha value is -2.56. The molecule has 3 rings (SSSR count). The third kappa shape index (κ3) is 2.30. The Balaban J connectivity index is 1.80. The zero-order chi connectivity index (χ0) is 13.9. The topological polar surface area (TPSA) is 68.8 Å². The Morgan fingerprint density at radius 3 is 2.90 bits per heavy atom. The summed E-state index contributed by atoms with van der Waals surface area (Å²) < 4.78 is 1.88. The molecule has 0 radical (unpaired) electrons. The quantitative estimate of drug-likeness (QED) is 0.760. The van der Waals surface area contributed by atoms with Gasteiger partial charge in [-0.3, -0.25) is 9.67 Å². The summed E-state index contributed by atoms with van der Waals surface area (Å²) in [5, 5.41) is 8.63. The summed E-state index contributed by atoms with van der Waals surface area (Å²) in [5.41, 5.74) is 9.80. The molecule has 0 unspecified atom stereocenters. The van der Waals surface area contributed by atoms with Crippen LogP contribution in [0.4, 0.5) is 11.4 Å². The molecular formula is C15H17N5. The molecule has 1 aromatic carbocycles. The van der Waals surface area contributed by atoms with Crippen LogP contribution >= 0.6 is 0 Å². The zero-order valence-corrected chi connectivity index (χ0v) is 11.4. The van der Waals surface area contributed by atoms with Gasteiger partial charge in [-0.05, 0) is 12.1 Å². The third-order valence-corrected chi connectivity index (χ3v) is 3.41. The molecule has 2 aromatic heterocycles. The third-order valence-electron chi connectivity index (χ3n) is 3.41. The molecule has 0 aliphatic heterocycles. The van der Waals surface area contributed by atoms with Crippen LogP contribution in [0.5, 0.6) is 0 Å². The summed E-state index contributed by atoms with van der Waals surface area (Å²) in [6, 6.07) is 10.0. The van der Waals surface area contributed by atoms with Crippen LogP contribution in [0.25, 0.3) is 10.9 Å². The summed E-state index contributed by atoms with van der Waals surface area (Å²) in [4.78, 5) is 4.33. The number of nitrogens with one attached hydrogen (secondary N) is 1. The molecule has 0 saturated heterocycles. The van der Waals surface area contributed by atoms with Crippen molar-refractivity contribution in [2.24, 2.45) is 7.05 Å². The number of rotatable bonds is 4. The molecular weight excluding hydrogens is 250 g/mol. The summed E-state index contributed by atoms with van der Waals surface area (Å²) in [7, 11) is 1.95. The zero-order valence-electron chi connectivity index (χ0n) is 11.4. The van der Waals surface area contributed by atoms with E-state index >= 15 is 0 Å². The minimum atomic E-state index is 0.675. The van der Waals surface area contributed by atoms with Gasteiger partial charge in [-0.25, -0.2) is 0 Å². The van der Waals surface area contributed by atoms with Crippen LogP contribution in [0.1, 0.15) is 5.69 Å². The van der Waals surface area contributed by atoms with Crippen molar-refractivity contribution >= 4 is 22.3 Å². The number of fused-ring (bicyclic) bond motifs is 1. The van der Waals surface area contributed by atoms with Gasteiger partial charge < -0.3 is 11.1 Å². The first-order valence-corrected chi connectivity index (χ1v) is 6.59. The van der Waals surface area contributed by atoms with E-state index in [2.05, 4.69) is 15.4 Å². The van der Waals surface area contributed by atoms with Gasteiger partial charge in [-0.1, -0.05) is 18.2 Å². The van der Waals surface area contributed by atoms with E-state index in [-0.39, 0.29) is 0 Å². The van der Waals surface area contributed by atoms with Crippen molar-refractivity contribution in [3.8, 4) is 0 Å². The number of nitrogens with zero attached hydrogens (tertiary/aromatic N) is 3. The molecule has 0 amide bonds. The molecule has 0 fully saturated rings. The molecule has 0 spiro atoms. The SMILES string of the molecule is Cn1nccc1CCNc1c(N)cnc2ccccc12. The molecule has 3 aromatic rings. The second kappa shape index (κ2) is 5.21. The van der Waals surface area contributed by atoms with E-state index in [1.54, 1.807) is 6.20 Å². The highest BCUT2D eigenvalue weighted by atomic mass is 15.3. The van der Waals surface area contributed by atoms with Gasteiger partial charge in [0.15, 0.2) is 0 Å². The highest BCUT2D eigenvalue weighted by Gasteiger charge is 2.06. The number of hydrogen-bond donors (Lipinski definition) is 2. The van der Waals surface area contributed by atoms with E-state index in [1.165, 1.54) is 5.69 Å². The molecule has 0 aliphatic rings. The lowest BCUT2D eigenvalue weighted by molar-refractivity contribution is 0.711. The number of aromatic nitrogens is 3. The van der Waals surface area contributed by atoms with Gasteiger partial charge in [0.1, 0.15) is 0 Å². The van der Waals surface area contributed by atoms with Gasteiger partial charge in [0, 0.05) is 37.3 Å². The van der Waals surface area contributed by atoms with Gasteiger partial charge in [0.05, 0.1) is 23.1 Å². The van der Waals surface area contributed by atoms with Crippen molar-refractivity contribution < 1.29 is 0 Å². The Morgan fingerprint density at radius 2 is 2.10 bits per heavy atom. The van der Waals surface area contributed by atoms with Crippen LogP contribution in [-0.4, -0.2) is 21.3 Å². The monoisotopic (exact) mass is 267 g/mol. The van der Waals surface area contributed by atoms with Crippen molar-refractivity contribution in [1.82, 2.24) is 14.8 Å². The van der Waals surface area contributed by atoms with Crippen LogP contribution in [0.3, 0.4) is 0 Å². The maximum Gasteiger partial charge on any atom is 0.0743 e. The van der Waals surface area contributed by atoms with E-state index in [4.69, 9.17) is 5.73 Å². The number of nitrogens with two attached hydrogens (primary N) is 1. The van der Waals surface area contributed by atoms with Crippen LogP contribution in [0.2, 0.25) is 0 Å². The fraction of sp³-hybridized carbons (Fsp3) is 0.200. The number of anilines is 2. The second-order valence-electron chi connectivity index (χ2n) is 4.73. The highest BCUT2D eigenvalue weighted by molar-refractivity contribution is 5.96. The van der Waals surface area contributed by atoms with Crippen LogP contribution in [-0.2, 0) is 13.5 Å². The first-order chi connectivity index (χ1) is 9.75. The first kappa shape index (κ1) is 12.5. The molecule has 2 heterocycles. The lowest BCUT2D eigenvalue weighted by Gasteiger charge is -2.12. The van der Waals surface area contributed by atoms with Crippen LogP contribution < -0.4 is 11.1 Å². The molecule has 5 heteroatoms. The van der Waals surface area contributed by atoms with Gasteiger partial charge in [-0.15, -0.1) is 0 Å². The molecule has 5 nitrogen and oxygen atoms in total. The van der Waals surface area contributed by atoms with Gasteiger partial charge in [-0.2, -0.15) is 5.10 Å². The summed E-state index contributed by atoms with van der Waals surface area (Å²) >= 11 is 0. The lowest BCUT2D eigenvalue weighted by Crippen LogP contribution is -2.10. The normalized spacial score (nSPS) is 10.8. The fourth-order valence-corrected chi connectivity index (χ4v) is 2.32. The Kier molecular flexibility index (Phi) is 3.25. The van der Waals surface area contributed by atoms with E-state index in [0.29, 0.717) is 5.69 Å². The van der Waals surface area contributed by atoms with Crippen LogP contribution in [0.15, 0.2) is 42.7 Å². The molecule has 20 heavy (non-hydrogen) atoms. The van der Waals surface area contributed by atoms with Crippen LogP contribution in [0, 0.1) is 0 Å². The average molecular weight is 267 g/mol. The van der Waals surface area contributed by atoms with Crippen molar-refractivity contribution in [3.05, 3.63) is 48.4 Å². The van der Waals surface area contributed by atoms with Crippen molar-refractivity contribution in [2.45, 2.75) is 6.42 Å². The lowest BCUT2D eigenvalue weighted by atomic mass is 10.1. The molecule has 3 N–H and O–H groups in total. The summed E-state index contributed by atoms with van der Waals surface area (Å²) in [6.45, 7) is 0.803. The summed E-state index contributed by atoms with van der Waals surface area (Å²) in [5.74, 6) is 0. The average Bonchev–Trinajstić information content (AvgIpc) is 2.87. The summed E-state index contributed by atoms with van der Waals surface area (Å²) in [6.07, 6.45) is 4.41. The number of nitrogen functional groups attached to an aromatic ring is 1. The number of aryl methyl sites for hydroxylation is 1. The first-order valence-electron chi connectivity index (χ1n) is 6.59. The van der Waals surface area contributed by atoms with Gasteiger partial charge in [0.2, 0.25) is 0 Å². The van der Waals surface area contributed by atoms with Gasteiger partial charge in [0.25, 0.3) is 0 Å². The van der Waals surface area contributed by atoms with E-state index in [1.807, 2.05) is 48.3 Å². The number of hydrogen-bond acceptors (Lipinski definition) is 4. The predicted molar refractivity (Wildman–Crippen MR) is 81.6 cm³/mol. The number of pyridine rings is 1. The minimum Gasteiger partial charge on any atom is -0.396 e. The second-order valence-corrected chi connectivity index (χ2v) is 4.73. The highest BCUT2D eigenvalue weighted by Crippen LogP contribution is 2.27. The van der Waals surface area contributed by atoms with Crippen molar-refractivity contribution in [2.75, 3.05) is 17.6 Å². The molecule has 0 bridgehead atoms. The van der Waals surface area contributed by atoms with Crippen molar-refractivity contribution in [1.29, 1.82) is 0 Å². The smallest absolute Gasteiger partial charge is 0.0743 e. The van der Waals surface area contributed by atoms with Gasteiger partial charge >= 0.3 is 0 Å². The number of para-hydroxylation sites is 1. The van der Waals surface area contributed by atoms with Crippen molar-refractivity contribution in [3.63, 3.8) is 0 Å². The molecule has 102 valence electrons. The maximum absolute atomic E-state index is 6.03. The fourth-order valence-electron chi connectivity index (χ4n) is 2.32. The standard InChI is InChI=1S/C15H17N5/c1-20-11(7-9-19-20)6-8-17-15-12-4-2-3-5-14(12)18-10-13(15)16/h2-5,7,9-10H,6,8,16H2,1H3,(H,17,18). The maximum atomic E-state index is 6.03. The predicted octanol–water partition coefficient (Wildman–Crippen LogP) is 2.21. The minimum absolute atomic E-state index is 0.675. The Bertz CT molecular complexity index is 732. The van der Waals surface area contributed by atoms with E-state index < -0.39 is 0 Å². The molecule has 0 saturated carbocycles. The largest absolute Gasteiger partial charge is 0.396 e. The molecule has 0 aliphatic carbocycles.